The number of aromatic nitrogens is 2. The van der Waals surface area contributed by atoms with Crippen LogP contribution >= 0.6 is 0 Å². The lowest BCUT2D eigenvalue weighted by Gasteiger charge is -2.31. The van der Waals surface area contributed by atoms with E-state index < -0.39 is 8.07 Å². The summed E-state index contributed by atoms with van der Waals surface area (Å²) in [6.45, 7) is 0. The van der Waals surface area contributed by atoms with Crippen LogP contribution in [0, 0.1) is 0 Å². The minimum Gasteiger partial charge on any atom is -0.456 e. The van der Waals surface area contributed by atoms with Gasteiger partial charge in [-0.3, -0.25) is 0 Å². The van der Waals surface area contributed by atoms with Crippen LogP contribution < -0.4 is 20.7 Å². The van der Waals surface area contributed by atoms with E-state index in [4.69, 9.17) is 14.4 Å². The largest absolute Gasteiger partial charge is 0.456 e. The van der Waals surface area contributed by atoms with Crippen LogP contribution in [0.2, 0.25) is 0 Å². The Bertz CT molecular complexity index is 3790. The smallest absolute Gasteiger partial charge is 0.180 e. The standard InChI is InChI=1S/C64H42N2OSi/c1-5-17-43(18-6-1)49-37-50(48-33-35-61-56(40-48)54-25-13-15-27-60(54)67-61)39-51(38-49)59-42-58(65-64(66-59)46-19-7-2-8-20-46)45-31-29-44(30-32-45)47-34-36-63-57(41-47)55-26-14-16-28-62(55)68(63,52-21-9-3-10-22-52)53-23-11-4-12-24-53/h1-42H. The van der Waals surface area contributed by atoms with Gasteiger partial charge < -0.3 is 4.42 Å². The summed E-state index contributed by atoms with van der Waals surface area (Å²) in [5.41, 5.74) is 16.0. The Morgan fingerprint density at radius 1 is 0.279 bits per heavy atom. The Hall–Kier alpha value is -8.70. The highest BCUT2D eigenvalue weighted by Gasteiger charge is 2.48. The molecule has 318 valence electrons. The Morgan fingerprint density at radius 3 is 1.49 bits per heavy atom. The monoisotopic (exact) mass is 882 g/mol. The van der Waals surface area contributed by atoms with Crippen molar-refractivity contribution in [2.75, 3.05) is 0 Å². The first-order valence-electron chi connectivity index (χ1n) is 23.2. The summed E-state index contributed by atoms with van der Waals surface area (Å²) in [7, 11) is -2.55. The topological polar surface area (TPSA) is 38.9 Å². The molecular formula is C64H42N2OSi. The predicted octanol–water partition coefficient (Wildman–Crippen LogP) is 13.7. The first kappa shape index (κ1) is 39.6. The third kappa shape index (κ3) is 6.65. The van der Waals surface area contributed by atoms with Crippen molar-refractivity contribution in [1.29, 1.82) is 0 Å². The van der Waals surface area contributed by atoms with Gasteiger partial charge in [-0.25, -0.2) is 9.97 Å². The molecule has 2 aromatic heterocycles. The van der Waals surface area contributed by atoms with Gasteiger partial charge in [-0.2, -0.15) is 0 Å². The molecule has 10 aromatic carbocycles. The van der Waals surface area contributed by atoms with E-state index in [2.05, 4.69) is 224 Å². The summed E-state index contributed by atoms with van der Waals surface area (Å²) in [6.07, 6.45) is 0. The lowest BCUT2D eigenvalue weighted by molar-refractivity contribution is 0.669. The van der Waals surface area contributed by atoms with Gasteiger partial charge in [0.2, 0.25) is 0 Å². The van der Waals surface area contributed by atoms with Gasteiger partial charge >= 0.3 is 0 Å². The van der Waals surface area contributed by atoms with Crippen molar-refractivity contribution in [3.8, 4) is 78.4 Å². The van der Waals surface area contributed by atoms with Gasteiger partial charge in [0.05, 0.1) is 11.4 Å². The summed E-state index contributed by atoms with van der Waals surface area (Å²) in [5.74, 6) is 0.682. The van der Waals surface area contributed by atoms with Crippen LogP contribution in [0.25, 0.3) is 100 Å². The molecule has 0 amide bonds. The van der Waals surface area contributed by atoms with Crippen LogP contribution in [0.5, 0.6) is 0 Å². The van der Waals surface area contributed by atoms with Crippen LogP contribution in [0.1, 0.15) is 0 Å². The molecule has 1 aliphatic rings. The second-order valence-corrected chi connectivity index (χ2v) is 21.4. The number of fused-ring (bicyclic) bond motifs is 6. The zero-order chi connectivity index (χ0) is 45.0. The normalized spacial score (nSPS) is 12.5. The third-order valence-electron chi connectivity index (χ3n) is 13.8. The quantitative estimate of drug-likeness (QED) is 0.143. The first-order chi connectivity index (χ1) is 33.7. The van der Waals surface area contributed by atoms with Crippen LogP contribution in [0.15, 0.2) is 259 Å². The Labute approximate surface area is 396 Å². The van der Waals surface area contributed by atoms with Crippen molar-refractivity contribution in [2.24, 2.45) is 0 Å². The van der Waals surface area contributed by atoms with Gasteiger partial charge in [0.25, 0.3) is 0 Å². The predicted molar refractivity (Wildman–Crippen MR) is 285 cm³/mol. The third-order valence-corrected chi connectivity index (χ3v) is 18.7. The molecule has 0 N–H and O–H groups in total. The van der Waals surface area contributed by atoms with Gasteiger partial charge in [-0.1, -0.05) is 206 Å². The fourth-order valence-corrected chi connectivity index (χ4v) is 15.7. The average molecular weight is 883 g/mol. The second-order valence-electron chi connectivity index (χ2n) is 17.7. The molecule has 0 aliphatic carbocycles. The summed E-state index contributed by atoms with van der Waals surface area (Å²) < 4.78 is 6.22. The molecule has 3 nitrogen and oxygen atoms in total. The zero-order valence-electron chi connectivity index (χ0n) is 37.1. The number of hydrogen-bond acceptors (Lipinski definition) is 3. The molecule has 0 fully saturated rings. The van der Waals surface area contributed by atoms with Crippen molar-refractivity contribution in [2.45, 2.75) is 0 Å². The maximum absolute atomic E-state index is 6.22. The van der Waals surface area contributed by atoms with E-state index >= 15 is 0 Å². The van der Waals surface area contributed by atoms with E-state index in [1.54, 1.807) is 0 Å². The molecule has 3 heterocycles. The van der Waals surface area contributed by atoms with Crippen LogP contribution in [0.3, 0.4) is 0 Å². The van der Waals surface area contributed by atoms with Crippen molar-refractivity contribution in [3.05, 3.63) is 255 Å². The Morgan fingerprint density at radius 2 is 0.765 bits per heavy atom. The first-order valence-corrected chi connectivity index (χ1v) is 25.2. The summed E-state index contributed by atoms with van der Waals surface area (Å²) in [6, 6.07) is 92.1. The molecule has 0 saturated carbocycles. The van der Waals surface area contributed by atoms with E-state index in [-0.39, 0.29) is 0 Å². The minimum absolute atomic E-state index is 0.682. The fourth-order valence-electron chi connectivity index (χ4n) is 10.6. The molecule has 0 radical (unpaired) electrons. The van der Waals surface area contributed by atoms with Gasteiger partial charge in [0.15, 0.2) is 13.9 Å². The van der Waals surface area contributed by atoms with Crippen molar-refractivity contribution in [3.63, 3.8) is 0 Å². The summed E-state index contributed by atoms with van der Waals surface area (Å²) >= 11 is 0. The molecule has 4 heteroatoms. The SMILES string of the molecule is c1ccc(-c2cc(-c3ccc4oc5ccccc5c4c3)cc(-c3cc(-c4ccc(-c5ccc6c(c5)-c5ccccc5[Si]6(c5ccccc5)c5ccccc5)cc4)nc(-c4ccccc4)n3)c2)cc1. The highest BCUT2D eigenvalue weighted by molar-refractivity contribution is 7.22. The Kier molecular flexibility index (Phi) is 9.51. The minimum atomic E-state index is -2.55. The molecule has 13 rings (SSSR count). The van der Waals surface area contributed by atoms with Gasteiger partial charge in [-0.05, 0) is 114 Å². The van der Waals surface area contributed by atoms with E-state index in [0.29, 0.717) is 5.82 Å². The number of furan rings is 1. The molecule has 0 unspecified atom stereocenters. The zero-order valence-corrected chi connectivity index (χ0v) is 38.1. The van der Waals surface area contributed by atoms with Crippen LogP contribution in [0.4, 0.5) is 0 Å². The van der Waals surface area contributed by atoms with Gasteiger partial charge in [-0.15, -0.1) is 0 Å². The summed E-state index contributed by atoms with van der Waals surface area (Å²) in [5, 5.41) is 7.90. The van der Waals surface area contributed by atoms with E-state index in [9.17, 15) is 0 Å². The number of nitrogens with zero attached hydrogens (tertiary/aromatic N) is 2. The van der Waals surface area contributed by atoms with Crippen molar-refractivity contribution >= 4 is 50.8 Å². The molecule has 1 aliphatic heterocycles. The second kappa shape index (κ2) is 16.3. The number of para-hydroxylation sites is 1. The highest BCUT2D eigenvalue weighted by Crippen LogP contribution is 2.38. The molecule has 0 spiro atoms. The molecule has 0 saturated heterocycles. The number of benzene rings is 10. The lowest BCUT2D eigenvalue weighted by Crippen LogP contribution is -2.72. The van der Waals surface area contributed by atoms with Crippen molar-refractivity contribution < 1.29 is 4.42 Å². The van der Waals surface area contributed by atoms with Gasteiger partial charge in [0.1, 0.15) is 11.2 Å². The maximum atomic E-state index is 6.22. The Balaban J connectivity index is 0.923. The highest BCUT2D eigenvalue weighted by atomic mass is 28.3. The molecular weight excluding hydrogens is 841 g/mol. The van der Waals surface area contributed by atoms with E-state index in [1.807, 2.05) is 30.3 Å². The molecule has 0 bridgehead atoms. The van der Waals surface area contributed by atoms with Crippen LogP contribution in [-0.2, 0) is 0 Å². The molecule has 12 aromatic rings. The number of rotatable bonds is 8. The summed E-state index contributed by atoms with van der Waals surface area (Å²) in [4.78, 5) is 10.6. The van der Waals surface area contributed by atoms with Crippen molar-refractivity contribution in [1.82, 2.24) is 9.97 Å². The van der Waals surface area contributed by atoms with E-state index in [1.165, 1.54) is 37.4 Å². The maximum Gasteiger partial charge on any atom is 0.180 e. The van der Waals surface area contributed by atoms with E-state index in [0.717, 1.165) is 77.8 Å². The molecule has 0 atom stereocenters. The molecule has 68 heavy (non-hydrogen) atoms. The van der Waals surface area contributed by atoms with Gasteiger partial charge in [0, 0.05) is 27.5 Å². The fraction of sp³-hybridized carbons (Fsp3) is 0. The lowest BCUT2D eigenvalue weighted by atomic mass is 9.93. The number of hydrogen-bond donors (Lipinski definition) is 0. The van der Waals surface area contributed by atoms with Crippen LogP contribution in [-0.4, -0.2) is 18.0 Å². The average Bonchev–Trinajstić information content (AvgIpc) is 3.95.